The van der Waals surface area contributed by atoms with E-state index in [0.29, 0.717) is 17.5 Å². The summed E-state index contributed by atoms with van der Waals surface area (Å²) < 4.78 is 65.9. The SMILES string of the molecule is NS(=O)(=O)c1c(C(F)(F)F)ccc(-c2ccc(C3CCN(C4CCNC4)CC3)cc2)c1-c1nn[nH]n1. The minimum Gasteiger partial charge on any atom is -0.315 e. The van der Waals surface area contributed by atoms with Crippen LogP contribution < -0.4 is 10.5 Å². The molecule has 1 atom stereocenters. The molecule has 0 saturated carbocycles. The van der Waals surface area contributed by atoms with Gasteiger partial charge in [-0.3, -0.25) is 4.90 Å². The highest BCUT2D eigenvalue weighted by atomic mass is 32.2. The highest BCUT2D eigenvalue weighted by Gasteiger charge is 2.40. The van der Waals surface area contributed by atoms with Crippen LogP contribution in [-0.4, -0.2) is 66.2 Å². The predicted octanol–water partition coefficient (Wildman–Crippen LogP) is 2.74. The number of hydrogen-bond acceptors (Lipinski definition) is 7. The van der Waals surface area contributed by atoms with Crippen molar-refractivity contribution in [1.82, 2.24) is 30.8 Å². The van der Waals surface area contributed by atoms with E-state index in [1.54, 1.807) is 12.1 Å². The number of aromatic nitrogens is 4. The zero-order chi connectivity index (χ0) is 25.5. The fourth-order valence-corrected chi connectivity index (χ4v) is 6.29. The molecule has 0 spiro atoms. The van der Waals surface area contributed by atoms with Crippen molar-refractivity contribution in [2.45, 2.75) is 42.3 Å². The van der Waals surface area contributed by atoms with E-state index in [2.05, 4.69) is 30.8 Å². The van der Waals surface area contributed by atoms with Crippen LogP contribution in [0.4, 0.5) is 13.2 Å². The average molecular weight is 522 g/mol. The van der Waals surface area contributed by atoms with E-state index in [0.717, 1.165) is 50.7 Å². The molecule has 2 aromatic carbocycles. The number of H-pyrrole nitrogens is 1. The first-order chi connectivity index (χ1) is 17.1. The number of nitrogens with one attached hydrogen (secondary N) is 2. The molecule has 192 valence electrons. The highest BCUT2D eigenvalue weighted by molar-refractivity contribution is 7.89. The molecule has 2 fully saturated rings. The van der Waals surface area contributed by atoms with Gasteiger partial charge in [0, 0.05) is 12.6 Å². The van der Waals surface area contributed by atoms with Crippen LogP contribution >= 0.6 is 0 Å². The van der Waals surface area contributed by atoms with Gasteiger partial charge >= 0.3 is 6.18 Å². The van der Waals surface area contributed by atoms with Gasteiger partial charge in [0.25, 0.3) is 0 Å². The summed E-state index contributed by atoms with van der Waals surface area (Å²) in [6, 6.07) is 9.99. The van der Waals surface area contributed by atoms with Gasteiger partial charge in [0.15, 0.2) is 0 Å². The molecule has 2 aliphatic rings. The number of aromatic amines is 1. The Morgan fingerprint density at radius 2 is 1.75 bits per heavy atom. The summed E-state index contributed by atoms with van der Waals surface area (Å²) in [5, 5.41) is 21.7. The van der Waals surface area contributed by atoms with Gasteiger partial charge in [-0.1, -0.05) is 30.3 Å². The van der Waals surface area contributed by atoms with E-state index in [1.165, 1.54) is 12.5 Å². The van der Waals surface area contributed by atoms with Crippen LogP contribution in [0.3, 0.4) is 0 Å². The van der Waals surface area contributed by atoms with Crippen LogP contribution in [0.25, 0.3) is 22.5 Å². The van der Waals surface area contributed by atoms with Crippen LogP contribution in [0.2, 0.25) is 0 Å². The Kier molecular flexibility index (Phi) is 6.57. The molecule has 4 N–H and O–H groups in total. The van der Waals surface area contributed by atoms with Crippen LogP contribution in [0.15, 0.2) is 41.3 Å². The molecule has 5 rings (SSSR count). The van der Waals surface area contributed by atoms with Gasteiger partial charge in [0.2, 0.25) is 15.8 Å². The maximum absolute atomic E-state index is 13.7. The molecule has 2 saturated heterocycles. The molecule has 0 radical (unpaired) electrons. The summed E-state index contributed by atoms with van der Waals surface area (Å²) in [4.78, 5) is 1.46. The van der Waals surface area contributed by atoms with Gasteiger partial charge in [0.1, 0.15) is 4.90 Å². The zero-order valence-electron chi connectivity index (χ0n) is 19.3. The van der Waals surface area contributed by atoms with Crippen molar-refractivity contribution in [3.05, 3.63) is 47.5 Å². The quantitative estimate of drug-likeness (QED) is 0.471. The number of benzene rings is 2. The molecule has 13 heteroatoms. The van der Waals surface area contributed by atoms with Gasteiger partial charge in [-0.05, 0) is 72.8 Å². The summed E-state index contributed by atoms with van der Waals surface area (Å²) in [6.45, 7) is 4.15. The highest BCUT2D eigenvalue weighted by Crippen LogP contribution is 2.43. The summed E-state index contributed by atoms with van der Waals surface area (Å²) in [7, 11) is -4.79. The van der Waals surface area contributed by atoms with E-state index >= 15 is 0 Å². The lowest BCUT2D eigenvalue weighted by Crippen LogP contribution is -2.42. The molecule has 0 amide bonds. The fourth-order valence-electron chi connectivity index (χ4n) is 5.32. The molecule has 0 aliphatic carbocycles. The Hall–Kier alpha value is -2.87. The lowest BCUT2D eigenvalue weighted by molar-refractivity contribution is -0.139. The van der Waals surface area contributed by atoms with Gasteiger partial charge in [-0.25, -0.2) is 13.6 Å². The lowest BCUT2D eigenvalue weighted by Gasteiger charge is -2.36. The number of likely N-dealkylation sites (tertiary alicyclic amines) is 1. The Morgan fingerprint density at radius 3 is 2.31 bits per heavy atom. The Balaban J connectivity index is 1.49. The van der Waals surface area contributed by atoms with Crippen molar-refractivity contribution in [2.75, 3.05) is 26.2 Å². The molecule has 2 aliphatic heterocycles. The Bertz CT molecular complexity index is 1310. The van der Waals surface area contributed by atoms with Crippen molar-refractivity contribution in [3.63, 3.8) is 0 Å². The van der Waals surface area contributed by atoms with Gasteiger partial charge in [-0.2, -0.15) is 18.4 Å². The molecular formula is C23H26F3N7O2S. The van der Waals surface area contributed by atoms with Gasteiger partial charge in [0.05, 0.1) is 11.1 Å². The summed E-state index contributed by atoms with van der Waals surface area (Å²) in [5.41, 5.74) is 0.152. The van der Waals surface area contributed by atoms with Gasteiger partial charge < -0.3 is 5.32 Å². The van der Waals surface area contributed by atoms with E-state index in [4.69, 9.17) is 5.14 Å². The maximum atomic E-state index is 13.7. The molecule has 1 unspecified atom stereocenters. The standard InChI is InChI=1S/C23H26F3N7O2S/c24-23(25,26)19-6-5-18(20(21(19)36(27,34)35)22-29-31-32-30-22)16-3-1-14(2-4-16)15-8-11-33(12-9-15)17-7-10-28-13-17/h1-6,15,17,28H,7-13H2,(H2,27,34,35)(H,29,30,31,32). The first-order valence-electron chi connectivity index (χ1n) is 11.7. The Labute approximate surface area is 206 Å². The smallest absolute Gasteiger partial charge is 0.315 e. The number of piperidine rings is 1. The third-order valence-corrected chi connectivity index (χ3v) is 8.08. The lowest BCUT2D eigenvalue weighted by atomic mass is 9.87. The number of sulfonamides is 1. The van der Waals surface area contributed by atoms with Crippen LogP contribution in [-0.2, 0) is 16.2 Å². The van der Waals surface area contributed by atoms with Crippen molar-refractivity contribution >= 4 is 10.0 Å². The fraction of sp³-hybridized carbons (Fsp3) is 0.435. The summed E-state index contributed by atoms with van der Waals surface area (Å²) in [5.74, 6) is 0.0897. The van der Waals surface area contributed by atoms with Crippen LogP contribution in [0.5, 0.6) is 0 Å². The van der Waals surface area contributed by atoms with Crippen molar-refractivity contribution in [3.8, 4) is 22.5 Å². The minimum absolute atomic E-state index is 0.212. The second kappa shape index (κ2) is 9.54. The monoisotopic (exact) mass is 521 g/mol. The van der Waals surface area contributed by atoms with Crippen molar-refractivity contribution in [2.24, 2.45) is 5.14 Å². The molecular weight excluding hydrogens is 495 g/mol. The van der Waals surface area contributed by atoms with E-state index < -0.39 is 26.7 Å². The number of alkyl halides is 3. The molecule has 3 heterocycles. The summed E-state index contributed by atoms with van der Waals surface area (Å²) >= 11 is 0. The van der Waals surface area contributed by atoms with Crippen LogP contribution in [0.1, 0.15) is 36.3 Å². The normalized spacial score (nSPS) is 20.2. The van der Waals surface area contributed by atoms with E-state index in [9.17, 15) is 21.6 Å². The first kappa shape index (κ1) is 24.8. The number of rotatable bonds is 5. The average Bonchev–Trinajstić information content (AvgIpc) is 3.57. The third-order valence-electron chi connectivity index (χ3n) is 7.09. The number of nitrogens with zero attached hydrogens (tertiary/aromatic N) is 4. The molecule has 0 bridgehead atoms. The van der Waals surface area contributed by atoms with Crippen LogP contribution in [0, 0.1) is 0 Å². The number of nitrogens with two attached hydrogens (primary N) is 1. The number of hydrogen-bond donors (Lipinski definition) is 3. The topological polar surface area (TPSA) is 130 Å². The van der Waals surface area contributed by atoms with E-state index in [-0.39, 0.29) is 17.0 Å². The molecule has 1 aromatic heterocycles. The molecule has 9 nitrogen and oxygen atoms in total. The number of tetrazole rings is 1. The largest absolute Gasteiger partial charge is 0.417 e. The maximum Gasteiger partial charge on any atom is 0.417 e. The van der Waals surface area contributed by atoms with Gasteiger partial charge in [-0.15, -0.1) is 10.2 Å². The van der Waals surface area contributed by atoms with E-state index in [1.807, 2.05) is 12.1 Å². The summed E-state index contributed by atoms with van der Waals surface area (Å²) in [6.07, 6.45) is -1.72. The third kappa shape index (κ3) is 4.88. The number of halogens is 3. The second-order valence-corrected chi connectivity index (χ2v) is 10.7. The van der Waals surface area contributed by atoms with Crippen molar-refractivity contribution in [1.29, 1.82) is 0 Å². The number of primary sulfonamides is 1. The predicted molar refractivity (Wildman–Crippen MR) is 126 cm³/mol. The first-order valence-corrected chi connectivity index (χ1v) is 13.2. The second-order valence-electron chi connectivity index (χ2n) is 9.22. The molecule has 36 heavy (non-hydrogen) atoms. The van der Waals surface area contributed by atoms with Crippen molar-refractivity contribution < 1.29 is 21.6 Å². The molecule has 3 aromatic rings. The minimum atomic E-state index is -4.95. The zero-order valence-corrected chi connectivity index (χ0v) is 20.1. The Morgan fingerprint density at radius 1 is 1.03 bits per heavy atom.